The maximum Gasteiger partial charge on any atom is 0.341 e. The monoisotopic (exact) mass is 393 g/mol. The third-order valence-electron chi connectivity index (χ3n) is 3.71. The molecule has 2 heterocycles. The SMILES string of the molecule is CCOC(=O)c1c(NC(=O)[C@@H](C)Sc2nc(C)cc(C)n2)sc(C)c1C. The minimum atomic E-state index is -0.414. The molecule has 8 heteroatoms. The van der Waals surface area contributed by atoms with Crippen LogP contribution in [-0.2, 0) is 9.53 Å². The van der Waals surface area contributed by atoms with Gasteiger partial charge in [0.2, 0.25) is 5.91 Å². The molecule has 2 aromatic heterocycles. The first-order valence-electron chi connectivity index (χ1n) is 8.29. The minimum Gasteiger partial charge on any atom is -0.462 e. The van der Waals surface area contributed by atoms with Crippen molar-refractivity contribution in [3.8, 4) is 0 Å². The molecule has 0 bridgehead atoms. The zero-order chi connectivity index (χ0) is 19.4. The number of nitrogens with one attached hydrogen (secondary N) is 1. The van der Waals surface area contributed by atoms with Crippen molar-refractivity contribution < 1.29 is 14.3 Å². The minimum absolute atomic E-state index is 0.204. The lowest BCUT2D eigenvalue weighted by Crippen LogP contribution is -2.23. The quantitative estimate of drug-likeness (QED) is 0.453. The van der Waals surface area contributed by atoms with E-state index in [0.717, 1.165) is 21.8 Å². The van der Waals surface area contributed by atoms with Gasteiger partial charge in [-0.05, 0) is 53.2 Å². The number of hydrogen-bond donors (Lipinski definition) is 1. The van der Waals surface area contributed by atoms with E-state index in [4.69, 9.17) is 4.74 Å². The predicted molar refractivity (Wildman–Crippen MR) is 105 cm³/mol. The maximum absolute atomic E-state index is 12.6. The van der Waals surface area contributed by atoms with Crippen LogP contribution in [0.25, 0.3) is 0 Å². The number of aryl methyl sites for hydroxylation is 3. The highest BCUT2D eigenvalue weighted by Crippen LogP contribution is 2.33. The van der Waals surface area contributed by atoms with Crippen molar-refractivity contribution in [3.63, 3.8) is 0 Å². The molecule has 0 aromatic carbocycles. The maximum atomic E-state index is 12.6. The second-order valence-corrected chi connectivity index (χ2v) is 8.42. The second-order valence-electron chi connectivity index (χ2n) is 5.89. The molecule has 26 heavy (non-hydrogen) atoms. The van der Waals surface area contributed by atoms with Gasteiger partial charge >= 0.3 is 5.97 Å². The normalized spacial score (nSPS) is 11.9. The van der Waals surface area contributed by atoms with Crippen LogP contribution in [0, 0.1) is 27.7 Å². The Hall–Kier alpha value is -1.93. The van der Waals surface area contributed by atoms with Gasteiger partial charge in [-0.2, -0.15) is 0 Å². The van der Waals surface area contributed by atoms with Gasteiger partial charge in [-0.25, -0.2) is 14.8 Å². The predicted octanol–water partition coefficient (Wildman–Crippen LogP) is 4.07. The number of rotatable bonds is 6. The van der Waals surface area contributed by atoms with Crippen molar-refractivity contribution in [2.24, 2.45) is 0 Å². The van der Waals surface area contributed by atoms with Gasteiger partial charge < -0.3 is 10.1 Å². The molecule has 0 radical (unpaired) electrons. The molecular formula is C18H23N3O3S2. The summed E-state index contributed by atoms with van der Waals surface area (Å²) in [6, 6.07) is 1.89. The number of anilines is 1. The third-order valence-corrected chi connectivity index (χ3v) is 5.80. The van der Waals surface area contributed by atoms with E-state index in [9.17, 15) is 9.59 Å². The lowest BCUT2D eigenvalue weighted by atomic mass is 10.1. The zero-order valence-electron chi connectivity index (χ0n) is 15.8. The topological polar surface area (TPSA) is 81.2 Å². The summed E-state index contributed by atoms with van der Waals surface area (Å²) in [6.45, 7) is 11.4. The first-order chi connectivity index (χ1) is 12.2. The van der Waals surface area contributed by atoms with Crippen LogP contribution >= 0.6 is 23.1 Å². The number of carbonyl (C=O) groups is 2. The van der Waals surface area contributed by atoms with E-state index in [1.165, 1.54) is 23.1 Å². The smallest absolute Gasteiger partial charge is 0.341 e. The molecule has 2 aromatic rings. The molecule has 0 spiro atoms. The fourth-order valence-electron chi connectivity index (χ4n) is 2.34. The van der Waals surface area contributed by atoms with Gasteiger partial charge in [-0.1, -0.05) is 11.8 Å². The van der Waals surface area contributed by atoms with Crippen LogP contribution in [0.5, 0.6) is 0 Å². The van der Waals surface area contributed by atoms with Crippen LogP contribution in [0.15, 0.2) is 11.2 Å². The number of thiophene rings is 1. The molecule has 1 amide bonds. The van der Waals surface area contributed by atoms with Crippen LogP contribution in [-0.4, -0.2) is 33.7 Å². The molecule has 0 saturated carbocycles. The number of hydrogen-bond acceptors (Lipinski definition) is 7. The fraction of sp³-hybridized carbons (Fsp3) is 0.444. The average Bonchev–Trinajstić information content (AvgIpc) is 2.80. The Balaban J connectivity index is 2.16. The lowest BCUT2D eigenvalue weighted by Gasteiger charge is -2.12. The summed E-state index contributed by atoms with van der Waals surface area (Å²) in [5, 5.41) is 3.54. The summed E-state index contributed by atoms with van der Waals surface area (Å²) in [6.07, 6.45) is 0. The lowest BCUT2D eigenvalue weighted by molar-refractivity contribution is -0.115. The van der Waals surface area contributed by atoms with E-state index >= 15 is 0 Å². The van der Waals surface area contributed by atoms with E-state index in [2.05, 4.69) is 15.3 Å². The number of ether oxygens (including phenoxy) is 1. The average molecular weight is 394 g/mol. The molecule has 0 unspecified atom stereocenters. The van der Waals surface area contributed by atoms with E-state index in [0.29, 0.717) is 15.7 Å². The summed E-state index contributed by atoms with van der Waals surface area (Å²) in [5.74, 6) is -0.618. The van der Waals surface area contributed by atoms with Gasteiger partial charge in [0.25, 0.3) is 0 Å². The zero-order valence-corrected chi connectivity index (χ0v) is 17.4. The van der Waals surface area contributed by atoms with Crippen LogP contribution in [0.3, 0.4) is 0 Å². The van der Waals surface area contributed by atoms with Crippen LogP contribution in [0.1, 0.15) is 46.0 Å². The highest BCUT2D eigenvalue weighted by atomic mass is 32.2. The summed E-state index contributed by atoms with van der Waals surface area (Å²) in [5.41, 5.74) is 2.99. The molecule has 0 aliphatic heterocycles. The Kier molecular flexibility index (Phi) is 6.77. The van der Waals surface area contributed by atoms with Gasteiger partial charge in [-0.3, -0.25) is 4.79 Å². The van der Waals surface area contributed by atoms with Crippen LogP contribution in [0.2, 0.25) is 0 Å². The van der Waals surface area contributed by atoms with Gasteiger partial charge in [0, 0.05) is 16.3 Å². The Morgan fingerprint density at radius 2 is 1.85 bits per heavy atom. The third kappa shape index (κ3) is 4.82. The molecular weight excluding hydrogens is 370 g/mol. The van der Waals surface area contributed by atoms with Crippen molar-refractivity contribution in [1.29, 1.82) is 0 Å². The van der Waals surface area contributed by atoms with Crippen LogP contribution in [0.4, 0.5) is 5.00 Å². The first kappa shape index (κ1) is 20.4. The van der Waals surface area contributed by atoms with Crippen molar-refractivity contribution in [3.05, 3.63) is 33.5 Å². The van der Waals surface area contributed by atoms with Crippen LogP contribution < -0.4 is 5.32 Å². The van der Waals surface area contributed by atoms with Gasteiger partial charge in [0.15, 0.2) is 5.16 Å². The number of esters is 1. The molecule has 2 rings (SSSR count). The number of thioether (sulfide) groups is 1. The molecule has 0 aliphatic carbocycles. The van der Waals surface area contributed by atoms with E-state index in [-0.39, 0.29) is 12.5 Å². The molecule has 1 N–H and O–H groups in total. The van der Waals surface area contributed by atoms with E-state index in [1.807, 2.05) is 33.8 Å². The van der Waals surface area contributed by atoms with Gasteiger partial charge in [-0.15, -0.1) is 11.3 Å². The Labute approximate surface area is 161 Å². The molecule has 1 atom stereocenters. The van der Waals surface area contributed by atoms with Gasteiger partial charge in [0.1, 0.15) is 5.00 Å². The molecule has 140 valence electrons. The van der Waals surface area contributed by atoms with Crippen molar-refractivity contribution in [2.75, 3.05) is 11.9 Å². The van der Waals surface area contributed by atoms with E-state index in [1.54, 1.807) is 13.8 Å². The van der Waals surface area contributed by atoms with Crippen molar-refractivity contribution in [1.82, 2.24) is 9.97 Å². The molecule has 6 nitrogen and oxygen atoms in total. The van der Waals surface area contributed by atoms with Crippen molar-refractivity contribution in [2.45, 2.75) is 51.9 Å². The number of amides is 1. The highest BCUT2D eigenvalue weighted by Gasteiger charge is 2.24. The van der Waals surface area contributed by atoms with Gasteiger partial charge in [0.05, 0.1) is 17.4 Å². The second kappa shape index (κ2) is 8.64. The summed E-state index contributed by atoms with van der Waals surface area (Å²) < 4.78 is 5.12. The Morgan fingerprint density at radius 3 is 2.42 bits per heavy atom. The molecule has 0 saturated heterocycles. The number of carbonyl (C=O) groups excluding carboxylic acids is 2. The standard InChI is InChI=1S/C18H23N3O3S2/c1-7-24-17(23)14-11(4)12(5)25-16(14)21-15(22)13(6)26-18-19-9(2)8-10(3)20-18/h8,13H,7H2,1-6H3,(H,21,22)/t13-/m1/s1. The van der Waals surface area contributed by atoms with E-state index < -0.39 is 11.2 Å². The van der Waals surface area contributed by atoms with Crippen molar-refractivity contribution >= 4 is 40.0 Å². The number of aromatic nitrogens is 2. The first-order valence-corrected chi connectivity index (χ1v) is 9.99. The summed E-state index contributed by atoms with van der Waals surface area (Å²) in [4.78, 5) is 34.5. The Bertz CT molecular complexity index is 813. The summed E-state index contributed by atoms with van der Waals surface area (Å²) in [7, 11) is 0. The Morgan fingerprint density at radius 1 is 1.23 bits per heavy atom. The highest BCUT2D eigenvalue weighted by molar-refractivity contribution is 8.00. The summed E-state index contributed by atoms with van der Waals surface area (Å²) >= 11 is 2.67. The fourth-order valence-corrected chi connectivity index (χ4v) is 4.26. The molecule has 0 fully saturated rings. The largest absolute Gasteiger partial charge is 0.462 e. The molecule has 0 aliphatic rings. The number of nitrogens with zero attached hydrogens (tertiary/aromatic N) is 2.